The van der Waals surface area contributed by atoms with Crippen molar-refractivity contribution in [3.63, 3.8) is 0 Å². The van der Waals surface area contributed by atoms with Crippen LogP contribution >= 0.6 is 0 Å². The maximum absolute atomic E-state index is 8.87. The van der Waals surface area contributed by atoms with E-state index in [4.69, 9.17) is 11.0 Å². The lowest BCUT2D eigenvalue weighted by Gasteiger charge is -2.46. The van der Waals surface area contributed by atoms with Gasteiger partial charge in [-0.15, -0.1) is 0 Å². The molecule has 0 bridgehead atoms. The summed E-state index contributed by atoms with van der Waals surface area (Å²) in [5, 5.41) is 8.87. The summed E-state index contributed by atoms with van der Waals surface area (Å²) >= 11 is 0. The van der Waals surface area contributed by atoms with Crippen LogP contribution in [0, 0.1) is 28.6 Å². The van der Waals surface area contributed by atoms with Gasteiger partial charge in [0, 0.05) is 13.1 Å². The molecule has 2 rings (SSSR count). The summed E-state index contributed by atoms with van der Waals surface area (Å²) in [6.45, 7) is 11.0. The fourth-order valence-electron chi connectivity index (χ4n) is 3.40. The van der Waals surface area contributed by atoms with Gasteiger partial charge in [-0.25, -0.2) is 4.98 Å². The molecular formula is C15H23N5. The molecule has 20 heavy (non-hydrogen) atoms. The average molecular weight is 273 g/mol. The van der Waals surface area contributed by atoms with Gasteiger partial charge in [0.05, 0.1) is 6.20 Å². The molecule has 0 aromatic carbocycles. The molecule has 1 aliphatic heterocycles. The molecule has 5 heteroatoms. The molecule has 5 nitrogen and oxygen atoms in total. The Morgan fingerprint density at radius 3 is 2.70 bits per heavy atom. The summed E-state index contributed by atoms with van der Waals surface area (Å²) in [7, 11) is 0. The summed E-state index contributed by atoms with van der Waals surface area (Å²) < 4.78 is 0. The third-order valence-corrected chi connectivity index (χ3v) is 4.33. The van der Waals surface area contributed by atoms with Crippen molar-refractivity contribution in [2.24, 2.45) is 17.3 Å². The van der Waals surface area contributed by atoms with Crippen LogP contribution in [0.25, 0.3) is 0 Å². The third kappa shape index (κ3) is 2.69. The zero-order valence-electron chi connectivity index (χ0n) is 12.7. The minimum Gasteiger partial charge on any atom is -0.382 e. The molecule has 2 N–H and O–H groups in total. The summed E-state index contributed by atoms with van der Waals surface area (Å²) in [5.41, 5.74) is 6.34. The van der Waals surface area contributed by atoms with Crippen LogP contribution in [0.1, 0.15) is 39.7 Å². The molecule has 1 aliphatic rings. The highest BCUT2D eigenvalue weighted by Crippen LogP contribution is 2.40. The van der Waals surface area contributed by atoms with E-state index in [-0.39, 0.29) is 11.2 Å². The second-order valence-electron chi connectivity index (χ2n) is 6.63. The number of piperidine rings is 1. The first-order chi connectivity index (χ1) is 9.35. The Bertz CT molecular complexity index is 530. The van der Waals surface area contributed by atoms with Gasteiger partial charge in [0.1, 0.15) is 17.5 Å². The molecule has 0 spiro atoms. The highest BCUT2D eigenvalue weighted by Gasteiger charge is 2.38. The van der Waals surface area contributed by atoms with Crippen molar-refractivity contribution >= 4 is 11.8 Å². The normalized spacial score (nSPS) is 21.8. The molecule has 1 aromatic rings. The fraction of sp³-hybridized carbons (Fsp3) is 0.667. The number of anilines is 2. The Morgan fingerprint density at radius 2 is 2.20 bits per heavy atom. The van der Waals surface area contributed by atoms with E-state index in [0.717, 1.165) is 19.5 Å². The highest BCUT2D eigenvalue weighted by atomic mass is 15.3. The molecule has 1 aromatic heterocycles. The molecule has 108 valence electrons. The number of nitriles is 1. The van der Waals surface area contributed by atoms with E-state index in [0.29, 0.717) is 23.3 Å². The summed E-state index contributed by atoms with van der Waals surface area (Å²) in [4.78, 5) is 10.7. The average Bonchev–Trinajstić information content (AvgIpc) is 2.36. The van der Waals surface area contributed by atoms with Crippen molar-refractivity contribution in [2.75, 3.05) is 23.7 Å². The summed E-state index contributed by atoms with van der Waals surface area (Å²) in [5.74, 6) is 2.28. The van der Waals surface area contributed by atoms with E-state index in [2.05, 4.69) is 42.6 Å². The van der Waals surface area contributed by atoms with Crippen molar-refractivity contribution in [1.29, 1.82) is 5.26 Å². The van der Waals surface area contributed by atoms with Crippen LogP contribution in [0.15, 0.2) is 6.20 Å². The number of rotatable bonds is 2. The molecule has 0 radical (unpaired) electrons. The zero-order chi connectivity index (χ0) is 14.9. The zero-order valence-corrected chi connectivity index (χ0v) is 12.7. The lowest BCUT2D eigenvalue weighted by Crippen LogP contribution is -2.48. The predicted octanol–water partition coefficient (Wildman–Crippen LogP) is 2.44. The van der Waals surface area contributed by atoms with E-state index >= 15 is 0 Å². The lowest BCUT2D eigenvalue weighted by atomic mass is 9.69. The smallest absolute Gasteiger partial charge is 0.227 e. The molecule has 0 aliphatic carbocycles. The van der Waals surface area contributed by atoms with E-state index < -0.39 is 0 Å². The predicted molar refractivity (Wildman–Crippen MR) is 80.1 cm³/mol. The Hall–Kier alpha value is -1.83. The highest BCUT2D eigenvalue weighted by molar-refractivity contribution is 5.50. The topological polar surface area (TPSA) is 78.8 Å². The van der Waals surface area contributed by atoms with Gasteiger partial charge in [0.25, 0.3) is 0 Å². The number of nitrogens with zero attached hydrogens (tertiary/aromatic N) is 4. The summed E-state index contributed by atoms with van der Waals surface area (Å²) in [6, 6.07) is 2.00. The quantitative estimate of drug-likeness (QED) is 0.895. The number of nitrogens with two attached hydrogens (primary N) is 1. The van der Waals surface area contributed by atoms with Gasteiger partial charge >= 0.3 is 0 Å². The molecule has 1 atom stereocenters. The van der Waals surface area contributed by atoms with E-state index in [1.54, 1.807) is 0 Å². The summed E-state index contributed by atoms with van der Waals surface area (Å²) in [6.07, 6.45) is 2.65. The van der Waals surface area contributed by atoms with Crippen molar-refractivity contribution < 1.29 is 0 Å². The minimum absolute atomic E-state index is 0.221. The molecule has 2 heterocycles. The van der Waals surface area contributed by atoms with Crippen LogP contribution in [0.5, 0.6) is 0 Å². The van der Waals surface area contributed by atoms with E-state index in [1.807, 2.05) is 6.07 Å². The van der Waals surface area contributed by atoms with Gasteiger partial charge in [-0.2, -0.15) is 10.2 Å². The maximum atomic E-state index is 8.87. The van der Waals surface area contributed by atoms with Crippen LogP contribution in [-0.4, -0.2) is 23.1 Å². The van der Waals surface area contributed by atoms with Gasteiger partial charge in [-0.3, -0.25) is 0 Å². The number of hydrogen-bond acceptors (Lipinski definition) is 5. The first-order valence-electron chi connectivity index (χ1n) is 7.12. The fourth-order valence-corrected chi connectivity index (χ4v) is 3.40. The molecule has 0 amide bonds. The monoisotopic (exact) mass is 273 g/mol. The van der Waals surface area contributed by atoms with Gasteiger partial charge in [-0.1, -0.05) is 27.7 Å². The number of aromatic nitrogens is 2. The Kier molecular flexibility index (Phi) is 3.85. The Balaban J connectivity index is 2.20. The van der Waals surface area contributed by atoms with Crippen molar-refractivity contribution in [1.82, 2.24) is 9.97 Å². The molecule has 0 saturated carbocycles. The second kappa shape index (κ2) is 5.28. The van der Waals surface area contributed by atoms with Crippen LogP contribution in [0.3, 0.4) is 0 Å². The van der Waals surface area contributed by atoms with Gasteiger partial charge in [0.2, 0.25) is 5.95 Å². The van der Waals surface area contributed by atoms with Crippen molar-refractivity contribution in [3.05, 3.63) is 11.8 Å². The molecular weight excluding hydrogens is 250 g/mol. The van der Waals surface area contributed by atoms with E-state index in [9.17, 15) is 0 Å². The Morgan fingerprint density at radius 1 is 1.50 bits per heavy atom. The standard InChI is InChI=1S/C15H23N5/c1-10(2)12-5-6-20(9-15(12,3)4)14-18-8-11(7-16)13(17)19-14/h8,10,12H,5-6,9H2,1-4H3,(H2,17,18,19). The van der Waals surface area contributed by atoms with Gasteiger partial charge in [0.15, 0.2) is 0 Å². The van der Waals surface area contributed by atoms with Crippen LogP contribution < -0.4 is 10.6 Å². The van der Waals surface area contributed by atoms with Crippen LogP contribution in [0.4, 0.5) is 11.8 Å². The molecule has 1 fully saturated rings. The molecule has 1 saturated heterocycles. The second-order valence-corrected chi connectivity index (χ2v) is 6.63. The lowest BCUT2D eigenvalue weighted by molar-refractivity contribution is 0.126. The molecule has 1 unspecified atom stereocenters. The van der Waals surface area contributed by atoms with E-state index in [1.165, 1.54) is 6.20 Å². The van der Waals surface area contributed by atoms with Crippen molar-refractivity contribution in [3.8, 4) is 6.07 Å². The maximum Gasteiger partial charge on any atom is 0.227 e. The van der Waals surface area contributed by atoms with Gasteiger partial charge in [-0.05, 0) is 23.7 Å². The Labute approximate surface area is 120 Å². The SMILES string of the molecule is CC(C)C1CCN(c2ncc(C#N)c(N)n2)CC1(C)C. The minimum atomic E-state index is 0.221. The first kappa shape index (κ1) is 14.6. The largest absolute Gasteiger partial charge is 0.382 e. The van der Waals surface area contributed by atoms with Gasteiger partial charge < -0.3 is 10.6 Å². The number of hydrogen-bond donors (Lipinski definition) is 1. The number of nitrogen functional groups attached to an aromatic ring is 1. The van der Waals surface area contributed by atoms with Crippen LogP contribution in [-0.2, 0) is 0 Å². The van der Waals surface area contributed by atoms with Crippen LogP contribution in [0.2, 0.25) is 0 Å². The van der Waals surface area contributed by atoms with Crippen molar-refractivity contribution in [2.45, 2.75) is 34.1 Å². The third-order valence-electron chi connectivity index (χ3n) is 4.33. The first-order valence-corrected chi connectivity index (χ1v) is 7.12.